The van der Waals surface area contributed by atoms with Crippen molar-refractivity contribution in [1.29, 1.82) is 0 Å². The average Bonchev–Trinajstić information content (AvgIpc) is 3.36. The molecule has 0 saturated carbocycles. The number of aliphatic carboxylic acids is 1. The molecule has 3 aromatic carbocycles. The van der Waals surface area contributed by atoms with E-state index in [2.05, 4.69) is 4.72 Å². The molecule has 4 rings (SSSR count). The number of nitrogens with zero attached hydrogens (tertiary/aromatic N) is 1. The molecule has 0 aliphatic rings. The van der Waals surface area contributed by atoms with Crippen LogP contribution in [0.4, 0.5) is 14.5 Å². The summed E-state index contributed by atoms with van der Waals surface area (Å²) >= 11 is 0. The van der Waals surface area contributed by atoms with Gasteiger partial charge in [-0.1, -0.05) is 26.0 Å². The number of carboxylic acids is 1. The predicted octanol–water partition coefficient (Wildman–Crippen LogP) is 5.79. The Hall–Kier alpha value is -4.59. The number of aliphatic hydroxyl groups excluding tert-OH is 2. The standard InChI is InChI=1S/C34H36F2N2O8S/c1-20(2)31-33(47(44,45)37-26-14-8-23(9-15-26)34(43)46-3)30(21-4-10-24(35)11-5-21)32(22-6-12-25(36)13-7-22)38(31)17-16-27(39)18-28(40)19-29(41)42/h4-15,20,27-28,37,39-40H,16-19H2,1-3H3,(H,41,42)/t27-,28-/m1/s1. The molecule has 4 aromatic rings. The van der Waals surface area contributed by atoms with Crippen molar-refractivity contribution in [3.63, 3.8) is 0 Å². The summed E-state index contributed by atoms with van der Waals surface area (Å²) in [5.74, 6) is -3.32. The lowest BCUT2D eigenvalue weighted by Gasteiger charge is -2.20. The molecule has 0 aliphatic heterocycles. The molecular weight excluding hydrogens is 634 g/mol. The molecule has 0 fully saturated rings. The molecule has 4 N–H and O–H groups in total. The highest BCUT2D eigenvalue weighted by Crippen LogP contribution is 2.45. The Morgan fingerprint density at radius 1 is 0.872 bits per heavy atom. The van der Waals surface area contributed by atoms with Gasteiger partial charge in [-0.05, 0) is 90.6 Å². The van der Waals surface area contributed by atoms with Crippen molar-refractivity contribution >= 4 is 27.6 Å². The average molecular weight is 671 g/mol. The zero-order valence-electron chi connectivity index (χ0n) is 26.0. The minimum Gasteiger partial charge on any atom is -0.481 e. The van der Waals surface area contributed by atoms with E-state index in [4.69, 9.17) is 9.84 Å². The van der Waals surface area contributed by atoms with Gasteiger partial charge in [-0.15, -0.1) is 0 Å². The van der Waals surface area contributed by atoms with E-state index in [1.54, 1.807) is 18.4 Å². The number of aliphatic hydroxyl groups is 2. The quantitative estimate of drug-likeness (QED) is 0.123. The molecule has 0 bridgehead atoms. The van der Waals surface area contributed by atoms with Crippen molar-refractivity contribution in [2.75, 3.05) is 11.8 Å². The summed E-state index contributed by atoms with van der Waals surface area (Å²) in [7, 11) is -3.20. The smallest absolute Gasteiger partial charge is 0.337 e. The van der Waals surface area contributed by atoms with Gasteiger partial charge in [0.25, 0.3) is 10.0 Å². The maximum absolute atomic E-state index is 14.4. The molecular formula is C34H36F2N2O8S. The highest BCUT2D eigenvalue weighted by Gasteiger charge is 2.34. The van der Waals surface area contributed by atoms with Gasteiger partial charge in [0.1, 0.15) is 16.5 Å². The number of nitrogens with one attached hydrogen (secondary N) is 1. The second kappa shape index (κ2) is 14.9. The zero-order valence-corrected chi connectivity index (χ0v) is 26.8. The molecule has 13 heteroatoms. The SMILES string of the molecule is COC(=O)c1ccc(NS(=O)(=O)c2c(-c3ccc(F)cc3)c(-c3ccc(F)cc3)n(CC[C@@H](O)C[C@@H](O)CC(=O)O)c2C(C)C)cc1. The fourth-order valence-corrected chi connectivity index (χ4v) is 7.13. The highest BCUT2D eigenvalue weighted by molar-refractivity contribution is 7.93. The van der Waals surface area contributed by atoms with E-state index in [9.17, 15) is 37.0 Å². The van der Waals surface area contributed by atoms with Crippen molar-refractivity contribution in [1.82, 2.24) is 4.57 Å². The number of carbonyl (C=O) groups excluding carboxylic acids is 1. The normalized spacial score (nSPS) is 12.9. The molecule has 47 heavy (non-hydrogen) atoms. The van der Waals surface area contributed by atoms with Crippen LogP contribution in [0.15, 0.2) is 77.7 Å². The van der Waals surface area contributed by atoms with Gasteiger partial charge in [-0.2, -0.15) is 0 Å². The third kappa shape index (κ3) is 8.42. The van der Waals surface area contributed by atoms with Gasteiger partial charge in [0, 0.05) is 23.5 Å². The molecule has 10 nitrogen and oxygen atoms in total. The van der Waals surface area contributed by atoms with Crippen LogP contribution in [-0.2, 0) is 26.1 Å². The summed E-state index contributed by atoms with van der Waals surface area (Å²) in [6.45, 7) is 3.59. The molecule has 2 atom stereocenters. The molecule has 1 aromatic heterocycles. The van der Waals surface area contributed by atoms with Crippen LogP contribution < -0.4 is 4.72 Å². The van der Waals surface area contributed by atoms with Crippen molar-refractivity contribution in [3.8, 4) is 22.4 Å². The first-order valence-corrected chi connectivity index (χ1v) is 16.3. The summed E-state index contributed by atoms with van der Waals surface area (Å²) in [5, 5.41) is 29.8. The number of esters is 1. The van der Waals surface area contributed by atoms with Crippen molar-refractivity contribution in [3.05, 3.63) is 95.7 Å². The molecule has 0 unspecified atom stereocenters. The summed E-state index contributed by atoms with van der Waals surface area (Å²) in [6.07, 6.45) is -3.22. The lowest BCUT2D eigenvalue weighted by Crippen LogP contribution is -2.22. The Labute approximate surface area is 271 Å². The molecule has 0 saturated heterocycles. The summed E-state index contributed by atoms with van der Waals surface area (Å²) in [6, 6.07) is 16.3. The number of rotatable bonds is 14. The van der Waals surface area contributed by atoms with E-state index in [-0.39, 0.29) is 41.1 Å². The first kappa shape index (κ1) is 35.3. The summed E-state index contributed by atoms with van der Waals surface area (Å²) < 4.78 is 66.0. The number of ether oxygens (including phenoxy) is 1. The molecule has 0 aliphatic carbocycles. The van der Waals surface area contributed by atoms with Crippen LogP contribution in [0.2, 0.25) is 0 Å². The fraction of sp³-hybridized carbons (Fsp3) is 0.294. The Bertz CT molecular complexity index is 1820. The largest absolute Gasteiger partial charge is 0.481 e. The maximum Gasteiger partial charge on any atom is 0.337 e. The highest BCUT2D eigenvalue weighted by atomic mass is 32.2. The van der Waals surface area contributed by atoms with E-state index in [1.807, 2.05) is 0 Å². The second-order valence-corrected chi connectivity index (χ2v) is 13.0. The monoisotopic (exact) mass is 670 g/mol. The number of aromatic nitrogens is 1. The number of benzene rings is 3. The first-order valence-electron chi connectivity index (χ1n) is 14.8. The number of halogens is 2. The van der Waals surface area contributed by atoms with Crippen molar-refractivity contribution in [2.45, 2.75) is 62.7 Å². The minimum absolute atomic E-state index is 0.00401. The van der Waals surface area contributed by atoms with Crippen LogP contribution in [0, 0.1) is 11.6 Å². The molecule has 250 valence electrons. The van der Waals surface area contributed by atoms with Crippen molar-refractivity contribution < 1.29 is 46.8 Å². The molecule has 0 amide bonds. The Morgan fingerprint density at radius 2 is 1.43 bits per heavy atom. The molecule has 0 spiro atoms. The van der Waals surface area contributed by atoms with E-state index in [0.717, 1.165) is 0 Å². The lowest BCUT2D eigenvalue weighted by molar-refractivity contribution is -0.139. The summed E-state index contributed by atoms with van der Waals surface area (Å²) in [4.78, 5) is 22.8. The maximum atomic E-state index is 14.4. The van der Waals surface area contributed by atoms with Gasteiger partial charge in [-0.3, -0.25) is 9.52 Å². The van der Waals surface area contributed by atoms with Gasteiger partial charge in [0.05, 0.1) is 37.0 Å². The number of hydrogen-bond donors (Lipinski definition) is 4. The lowest BCUT2D eigenvalue weighted by atomic mass is 10.00. The number of carboxylic acid groups (broad SMARTS) is 1. The van der Waals surface area contributed by atoms with Gasteiger partial charge in [0.15, 0.2) is 0 Å². The van der Waals surface area contributed by atoms with Crippen LogP contribution in [0.5, 0.6) is 0 Å². The first-order chi connectivity index (χ1) is 22.2. The Balaban J connectivity index is 1.94. The van der Waals surface area contributed by atoms with E-state index in [1.165, 1.54) is 79.9 Å². The zero-order chi connectivity index (χ0) is 34.5. The van der Waals surface area contributed by atoms with E-state index < -0.39 is 58.1 Å². The third-order valence-electron chi connectivity index (χ3n) is 7.52. The minimum atomic E-state index is -4.43. The van der Waals surface area contributed by atoms with E-state index in [0.29, 0.717) is 22.5 Å². The Kier molecular flexibility index (Phi) is 11.2. The third-order valence-corrected chi connectivity index (χ3v) is 8.98. The topological polar surface area (TPSA) is 155 Å². The number of carbonyl (C=O) groups is 2. The number of anilines is 1. The second-order valence-electron chi connectivity index (χ2n) is 11.4. The number of hydrogen-bond acceptors (Lipinski definition) is 7. The number of methoxy groups -OCH3 is 1. The van der Waals surface area contributed by atoms with Gasteiger partial charge < -0.3 is 24.6 Å². The summed E-state index contributed by atoms with van der Waals surface area (Å²) in [5.41, 5.74) is 2.06. The van der Waals surface area contributed by atoms with Gasteiger partial charge in [0.2, 0.25) is 0 Å². The van der Waals surface area contributed by atoms with Gasteiger partial charge in [-0.25, -0.2) is 22.0 Å². The van der Waals surface area contributed by atoms with Crippen molar-refractivity contribution in [2.24, 2.45) is 0 Å². The van der Waals surface area contributed by atoms with Crippen LogP contribution in [0.1, 0.15) is 55.1 Å². The van der Waals surface area contributed by atoms with Gasteiger partial charge >= 0.3 is 11.9 Å². The fourth-order valence-electron chi connectivity index (χ4n) is 5.48. The molecule has 0 radical (unpaired) electrons. The van der Waals surface area contributed by atoms with Crippen LogP contribution >= 0.6 is 0 Å². The van der Waals surface area contributed by atoms with E-state index >= 15 is 0 Å². The van der Waals surface area contributed by atoms with Crippen LogP contribution in [0.3, 0.4) is 0 Å². The molecule has 1 heterocycles. The van der Waals surface area contributed by atoms with Crippen LogP contribution in [0.25, 0.3) is 22.4 Å². The van der Waals surface area contributed by atoms with Crippen LogP contribution in [-0.4, -0.2) is 59.6 Å². The predicted molar refractivity (Wildman–Crippen MR) is 171 cm³/mol. The number of sulfonamides is 1. The Morgan fingerprint density at radius 3 is 1.94 bits per heavy atom.